The first kappa shape index (κ1) is 11.7. The summed E-state index contributed by atoms with van der Waals surface area (Å²) in [5.74, 6) is 0.436. The molecule has 0 aliphatic rings. The van der Waals surface area contributed by atoms with Gasteiger partial charge in [0, 0.05) is 11.8 Å². The van der Waals surface area contributed by atoms with Crippen LogP contribution in [-0.2, 0) is 6.61 Å². The number of H-pyrrole nitrogens is 1. The number of aromatic amines is 1. The summed E-state index contributed by atoms with van der Waals surface area (Å²) in [4.78, 5) is 11.3. The average Bonchev–Trinajstić information content (AvgIpc) is 2.83. The molecule has 0 fully saturated rings. The minimum atomic E-state index is 0.0220. The SMILES string of the molecule is Cc1cc(CO)cc(-c2c[nH]c3c(N)ncnc23)c1. The number of hydrogen-bond donors (Lipinski definition) is 3. The van der Waals surface area contributed by atoms with Crippen molar-refractivity contribution in [3.8, 4) is 11.1 Å². The normalized spacial score (nSPS) is 11.1. The minimum absolute atomic E-state index is 0.0220. The molecular formula is C14H14N4O. The van der Waals surface area contributed by atoms with E-state index >= 15 is 0 Å². The predicted molar refractivity (Wildman–Crippen MR) is 74.4 cm³/mol. The third-order valence-electron chi connectivity index (χ3n) is 3.12. The lowest BCUT2D eigenvalue weighted by Crippen LogP contribution is -1.92. The molecule has 3 aromatic rings. The largest absolute Gasteiger partial charge is 0.392 e. The lowest BCUT2D eigenvalue weighted by Gasteiger charge is -2.05. The molecule has 0 amide bonds. The first-order valence-corrected chi connectivity index (χ1v) is 5.98. The van der Waals surface area contributed by atoms with Crippen LogP contribution in [0.15, 0.2) is 30.7 Å². The summed E-state index contributed by atoms with van der Waals surface area (Å²) in [6.45, 7) is 2.02. The highest BCUT2D eigenvalue weighted by molar-refractivity contribution is 5.96. The third-order valence-corrected chi connectivity index (χ3v) is 3.12. The molecule has 0 saturated heterocycles. The van der Waals surface area contributed by atoms with Crippen molar-refractivity contribution in [3.63, 3.8) is 0 Å². The van der Waals surface area contributed by atoms with Crippen LogP contribution in [-0.4, -0.2) is 20.1 Å². The molecule has 0 aliphatic carbocycles. The Morgan fingerprint density at radius 3 is 2.89 bits per heavy atom. The Morgan fingerprint density at radius 2 is 2.11 bits per heavy atom. The average molecular weight is 254 g/mol. The molecule has 19 heavy (non-hydrogen) atoms. The highest BCUT2D eigenvalue weighted by Crippen LogP contribution is 2.30. The Labute approximate surface area is 110 Å². The monoisotopic (exact) mass is 254 g/mol. The molecular weight excluding hydrogens is 240 g/mol. The molecule has 3 rings (SSSR count). The van der Waals surface area contributed by atoms with Gasteiger partial charge >= 0.3 is 0 Å². The summed E-state index contributed by atoms with van der Waals surface area (Å²) in [5.41, 5.74) is 11.3. The van der Waals surface area contributed by atoms with Crippen LogP contribution in [0.1, 0.15) is 11.1 Å². The topological polar surface area (TPSA) is 87.8 Å². The third kappa shape index (κ3) is 1.94. The lowest BCUT2D eigenvalue weighted by atomic mass is 10.0. The molecule has 0 bridgehead atoms. The maximum Gasteiger partial charge on any atom is 0.151 e. The molecule has 5 nitrogen and oxygen atoms in total. The number of nitrogens with two attached hydrogens (primary N) is 1. The molecule has 0 radical (unpaired) electrons. The number of aliphatic hydroxyl groups excluding tert-OH is 1. The van der Waals surface area contributed by atoms with E-state index in [2.05, 4.69) is 21.0 Å². The summed E-state index contributed by atoms with van der Waals surface area (Å²) in [5, 5.41) is 9.29. The summed E-state index contributed by atoms with van der Waals surface area (Å²) < 4.78 is 0. The number of nitrogens with one attached hydrogen (secondary N) is 1. The number of aliphatic hydroxyl groups is 1. The van der Waals surface area contributed by atoms with Crippen molar-refractivity contribution in [3.05, 3.63) is 41.9 Å². The van der Waals surface area contributed by atoms with E-state index in [-0.39, 0.29) is 6.61 Å². The van der Waals surface area contributed by atoms with Crippen molar-refractivity contribution < 1.29 is 5.11 Å². The molecule has 2 aromatic heterocycles. The van der Waals surface area contributed by atoms with Gasteiger partial charge in [0.2, 0.25) is 0 Å². The zero-order valence-corrected chi connectivity index (χ0v) is 10.5. The van der Waals surface area contributed by atoms with Gasteiger partial charge in [-0.25, -0.2) is 9.97 Å². The standard InChI is InChI=1S/C14H14N4O/c1-8-2-9(6-19)4-10(3-8)11-5-16-13-12(11)17-7-18-14(13)15/h2-5,7,16,19H,6H2,1H3,(H2,15,17,18). The summed E-state index contributed by atoms with van der Waals surface area (Å²) >= 11 is 0. The van der Waals surface area contributed by atoms with Crippen LogP contribution >= 0.6 is 0 Å². The summed E-state index contributed by atoms with van der Waals surface area (Å²) in [6, 6.07) is 5.97. The minimum Gasteiger partial charge on any atom is -0.392 e. The van der Waals surface area contributed by atoms with Gasteiger partial charge < -0.3 is 15.8 Å². The Bertz CT molecular complexity index is 748. The molecule has 0 saturated carbocycles. The quantitative estimate of drug-likeness (QED) is 0.652. The van der Waals surface area contributed by atoms with Crippen molar-refractivity contribution in [1.82, 2.24) is 15.0 Å². The summed E-state index contributed by atoms with van der Waals surface area (Å²) in [6.07, 6.45) is 3.32. The van der Waals surface area contributed by atoms with E-state index in [0.29, 0.717) is 5.82 Å². The van der Waals surface area contributed by atoms with E-state index < -0.39 is 0 Å². The molecule has 0 spiro atoms. The smallest absolute Gasteiger partial charge is 0.151 e. The number of nitrogen functional groups attached to an aromatic ring is 1. The van der Waals surface area contributed by atoms with Crippen molar-refractivity contribution >= 4 is 16.9 Å². The molecule has 96 valence electrons. The predicted octanol–water partition coefficient (Wildman–Crippen LogP) is 2.01. The van der Waals surface area contributed by atoms with Gasteiger partial charge in [0.25, 0.3) is 0 Å². The van der Waals surface area contributed by atoms with Crippen LogP contribution in [0, 0.1) is 6.92 Å². The molecule has 4 N–H and O–H groups in total. The van der Waals surface area contributed by atoms with E-state index in [1.165, 1.54) is 6.33 Å². The van der Waals surface area contributed by atoms with Gasteiger partial charge in [0.15, 0.2) is 5.82 Å². The van der Waals surface area contributed by atoms with Crippen LogP contribution in [0.4, 0.5) is 5.82 Å². The second kappa shape index (κ2) is 4.37. The Morgan fingerprint density at radius 1 is 1.26 bits per heavy atom. The highest BCUT2D eigenvalue weighted by atomic mass is 16.3. The van der Waals surface area contributed by atoms with E-state index in [1.807, 2.05) is 25.3 Å². The van der Waals surface area contributed by atoms with E-state index in [4.69, 9.17) is 5.73 Å². The van der Waals surface area contributed by atoms with Gasteiger partial charge in [-0.05, 0) is 24.1 Å². The number of aryl methyl sites for hydroxylation is 1. The second-order valence-electron chi connectivity index (χ2n) is 4.55. The Kier molecular flexibility index (Phi) is 2.68. The number of benzene rings is 1. The highest BCUT2D eigenvalue weighted by Gasteiger charge is 2.11. The van der Waals surface area contributed by atoms with E-state index in [1.54, 1.807) is 0 Å². The van der Waals surface area contributed by atoms with Gasteiger partial charge in [-0.2, -0.15) is 0 Å². The first-order valence-electron chi connectivity index (χ1n) is 5.98. The molecule has 0 unspecified atom stereocenters. The summed E-state index contributed by atoms with van der Waals surface area (Å²) in [7, 11) is 0. The lowest BCUT2D eigenvalue weighted by molar-refractivity contribution is 0.282. The van der Waals surface area contributed by atoms with Crippen molar-refractivity contribution in [2.45, 2.75) is 13.5 Å². The van der Waals surface area contributed by atoms with E-state index in [0.717, 1.165) is 33.3 Å². The number of nitrogens with zero attached hydrogens (tertiary/aromatic N) is 2. The van der Waals surface area contributed by atoms with Crippen LogP contribution < -0.4 is 5.73 Å². The number of fused-ring (bicyclic) bond motifs is 1. The Hall–Kier alpha value is -2.40. The second-order valence-corrected chi connectivity index (χ2v) is 4.55. The number of hydrogen-bond acceptors (Lipinski definition) is 4. The number of rotatable bonds is 2. The van der Waals surface area contributed by atoms with Crippen LogP contribution in [0.5, 0.6) is 0 Å². The van der Waals surface area contributed by atoms with Crippen molar-refractivity contribution in [1.29, 1.82) is 0 Å². The van der Waals surface area contributed by atoms with Crippen LogP contribution in [0.3, 0.4) is 0 Å². The molecule has 2 heterocycles. The molecule has 0 atom stereocenters. The maximum absolute atomic E-state index is 9.29. The van der Waals surface area contributed by atoms with Gasteiger partial charge in [-0.1, -0.05) is 17.7 Å². The maximum atomic E-state index is 9.29. The van der Waals surface area contributed by atoms with Crippen molar-refractivity contribution in [2.24, 2.45) is 0 Å². The first-order chi connectivity index (χ1) is 9.19. The fourth-order valence-electron chi connectivity index (χ4n) is 2.29. The molecule has 5 heteroatoms. The van der Waals surface area contributed by atoms with Gasteiger partial charge in [0.05, 0.1) is 6.61 Å². The fraction of sp³-hybridized carbons (Fsp3) is 0.143. The number of anilines is 1. The zero-order chi connectivity index (χ0) is 13.4. The molecule has 1 aromatic carbocycles. The number of aromatic nitrogens is 3. The molecule has 0 aliphatic heterocycles. The van der Waals surface area contributed by atoms with Gasteiger partial charge in [-0.3, -0.25) is 0 Å². The zero-order valence-electron chi connectivity index (χ0n) is 10.5. The Balaban J connectivity index is 2.25. The van der Waals surface area contributed by atoms with E-state index in [9.17, 15) is 5.11 Å². The van der Waals surface area contributed by atoms with Gasteiger partial charge in [0.1, 0.15) is 17.4 Å². The van der Waals surface area contributed by atoms with Crippen LogP contribution in [0.25, 0.3) is 22.2 Å². The van der Waals surface area contributed by atoms with Gasteiger partial charge in [-0.15, -0.1) is 0 Å². The van der Waals surface area contributed by atoms with Crippen LogP contribution in [0.2, 0.25) is 0 Å². The van der Waals surface area contributed by atoms with Crippen molar-refractivity contribution in [2.75, 3.05) is 5.73 Å². The fourth-order valence-corrected chi connectivity index (χ4v) is 2.29.